The fourth-order valence-corrected chi connectivity index (χ4v) is 4.50. The zero-order valence-corrected chi connectivity index (χ0v) is 18.2. The first-order valence-electron chi connectivity index (χ1n) is 9.64. The van der Waals surface area contributed by atoms with Crippen LogP contribution in [0.1, 0.15) is 11.3 Å². The van der Waals surface area contributed by atoms with Crippen molar-refractivity contribution in [2.24, 2.45) is 0 Å². The molecule has 1 heterocycles. The third-order valence-electron chi connectivity index (χ3n) is 4.73. The molecule has 0 atom stereocenters. The van der Waals surface area contributed by atoms with Crippen molar-refractivity contribution in [1.29, 1.82) is 0 Å². The van der Waals surface area contributed by atoms with Gasteiger partial charge in [0, 0.05) is 18.7 Å². The van der Waals surface area contributed by atoms with Crippen LogP contribution in [0.5, 0.6) is 0 Å². The molecule has 0 aliphatic heterocycles. The van der Waals surface area contributed by atoms with Gasteiger partial charge in [-0.2, -0.15) is 22.6 Å². The zero-order valence-electron chi connectivity index (χ0n) is 17.4. The minimum Gasteiger partial charge on any atom is -0.233 e. The van der Waals surface area contributed by atoms with Crippen LogP contribution in [0.2, 0.25) is 0 Å². The summed E-state index contributed by atoms with van der Waals surface area (Å²) in [6, 6.07) is 13.5. The molecule has 0 unspecified atom stereocenters. The Morgan fingerprint density at radius 3 is 2.06 bits per heavy atom. The van der Waals surface area contributed by atoms with Crippen LogP contribution in [0.25, 0.3) is 16.9 Å². The van der Waals surface area contributed by atoms with Gasteiger partial charge in [0.15, 0.2) is 5.69 Å². The molecule has 0 fully saturated rings. The Labute approximate surface area is 185 Å². The Morgan fingerprint density at radius 2 is 1.56 bits per heavy atom. The van der Waals surface area contributed by atoms with Crippen LogP contribution in [0.15, 0.2) is 84.8 Å². The van der Waals surface area contributed by atoms with Gasteiger partial charge in [-0.3, -0.25) is 0 Å². The quantitative estimate of drug-likeness (QED) is 0.432. The Kier molecular flexibility index (Phi) is 6.71. The molecular weight excluding hydrogens is 439 g/mol. The van der Waals surface area contributed by atoms with Crippen LogP contribution < -0.4 is 0 Å². The average molecular weight is 462 g/mol. The summed E-state index contributed by atoms with van der Waals surface area (Å²) in [5.74, 6) is 0. The molecule has 0 aliphatic carbocycles. The number of sulfonamides is 1. The Morgan fingerprint density at radius 1 is 1.00 bits per heavy atom. The largest absolute Gasteiger partial charge is 0.435 e. The number of alkyl halides is 3. The van der Waals surface area contributed by atoms with E-state index in [-0.39, 0.29) is 23.7 Å². The molecule has 32 heavy (non-hydrogen) atoms. The highest BCUT2D eigenvalue weighted by Gasteiger charge is 2.35. The number of aryl methyl sites for hydroxylation is 1. The number of hydrogen-bond acceptors (Lipinski definition) is 3. The monoisotopic (exact) mass is 461 g/mol. The van der Waals surface area contributed by atoms with Crippen LogP contribution in [0.3, 0.4) is 0 Å². The van der Waals surface area contributed by atoms with E-state index in [1.165, 1.54) is 40.7 Å². The summed E-state index contributed by atoms with van der Waals surface area (Å²) >= 11 is 0. The number of nitrogens with zero attached hydrogens (tertiary/aromatic N) is 3. The minimum atomic E-state index is -4.62. The van der Waals surface area contributed by atoms with E-state index in [1.54, 1.807) is 24.3 Å². The lowest BCUT2D eigenvalue weighted by molar-refractivity contribution is -0.141. The molecule has 0 saturated carbocycles. The molecule has 0 aliphatic rings. The van der Waals surface area contributed by atoms with Crippen molar-refractivity contribution in [3.05, 3.63) is 91.2 Å². The minimum absolute atomic E-state index is 0.00466. The first-order chi connectivity index (χ1) is 15.1. The third-order valence-corrected chi connectivity index (χ3v) is 6.58. The maximum Gasteiger partial charge on any atom is 0.435 e. The van der Waals surface area contributed by atoms with Gasteiger partial charge in [-0.1, -0.05) is 42.0 Å². The predicted octanol–water partition coefficient (Wildman–Crippen LogP) is 5.23. The van der Waals surface area contributed by atoms with Crippen molar-refractivity contribution in [2.75, 3.05) is 13.1 Å². The summed E-state index contributed by atoms with van der Waals surface area (Å²) in [6.45, 7) is 9.21. The van der Waals surface area contributed by atoms with E-state index in [0.717, 1.165) is 16.3 Å². The summed E-state index contributed by atoms with van der Waals surface area (Å²) in [5.41, 5.74) is 1.03. The summed E-state index contributed by atoms with van der Waals surface area (Å²) in [5, 5.41) is 3.74. The van der Waals surface area contributed by atoms with Crippen molar-refractivity contribution in [1.82, 2.24) is 14.1 Å². The highest BCUT2D eigenvalue weighted by molar-refractivity contribution is 7.89. The lowest BCUT2D eigenvalue weighted by atomic mass is 10.1. The molecule has 0 amide bonds. The molecule has 0 radical (unpaired) electrons. The van der Waals surface area contributed by atoms with Gasteiger partial charge in [0.25, 0.3) is 0 Å². The predicted molar refractivity (Wildman–Crippen MR) is 118 cm³/mol. The second kappa shape index (κ2) is 9.13. The maximum absolute atomic E-state index is 13.4. The molecule has 5 nitrogen and oxygen atoms in total. The lowest BCUT2D eigenvalue weighted by Crippen LogP contribution is -2.31. The molecule has 3 rings (SSSR count). The van der Waals surface area contributed by atoms with Crippen molar-refractivity contribution in [3.8, 4) is 16.9 Å². The summed E-state index contributed by atoms with van der Waals surface area (Å²) < 4.78 is 68.2. The number of hydrogen-bond donors (Lipinski definition) is 0. The molecule has 0 bridgehead atoms. The molecule has 2 aromatic carbocycles. The van der Waals surface area contributed by atoms with E-state index in [4.69, 9.17) is 0 Å². The number of benzene rings is 2. The summed E-state index contributed by atoms with van der Waals surface area (Å²) in [4.78, 5) is 0.00466. The van der Waals surface area contributed by atoms with Gasteiger partial charge < -0.3 is 0 Å². The van der Waals surface area contributed by atoms with Crippen LogP contribution in [-0.4, -0.2) is 35.6 Å². The Bertz CT molecular complexity index is 1200. The molecule has 1 aromatic heterocycles. The molecule has 3 aromatic rings. The second-order valence-corrected chi connectivity index (χ2v) is 9.02. The van der Waals surface area contributed by atoms with Crippen molar-refractivity contribution in [3.63, 3.8) is 0 Å². The second-order valence-electron chi connectivity index (χ2n) is 7.08. The number of halogens is 3. The van der Waals surface area contributed by atoms with Gasteiger partial charge >= 0.3 is 6.18 Å². The van der Waals surface area contributed by atoms with E-state index in [2.05, 4.69) is 18.3 Å². The first-order valence-corrected chi connectivity index (χ1v) is 11.1. The molecule has 0 saturated heterocycles. The van der Waals surface area contributed by atoms with Gasteiger partial charge in [0.05, 0.1) is 16.3 Å². The van der Waals surface area contributed by atoms with Gasteiger partial charge in [-0.15, -0.1) is 13.2 Å². The fraction of sp³-hybridized carbons (Fsp3) is 0.174. The summed E-state index contributed by atoms with van der Waals surface area (Å²) in [6.07, 6.45) is -1.69. The Balaban J connectivity index is 2.06. The Hall–Kier alpha value is -3.17. The SMILES string of the molecule is C=CCN(CC=C)S(=O)(=O)c1ccc(-n2nc(C(F)(F)F)cc2-c2ccc(C)cc2)cc1. The topological polar surface area (TPSA) is 55.2 Å². The van der Waals surface area contributed by atoms with Gasteiger partial charge in [-0.25, -0.2) is 13.1 Å². The standard InChI is InChI=1S/C23H22F3N3O2S/c1-4-14-28(15-5-2)32(30,31)20-12-10-19(11-13-20)29-21(16-22(27-29)23(24,25)26)18-8-6-17(3)7-9-18/h4-13,16H,1-2,14-15H2,3H3. The van der Waals surface area contributed by atoms with E-state index in [9.17, 15) is 21.6 Å². The van der Waals surface area contributed by atoms with Gasteiger partial charge in [-0.05, 0) is 37.3 Å². The van der Waals surface area contributed by atoms with Crippen molar-refractivity contribution in [2.45, 2.75) is 18.0 Å². The smallest absolute Gasteiger partial charge is 0.233 e. The lowest BCUT2D eigenvalue weighted by Gasteiger charge is -2.19. The van der Waals surface area contributed by atoms with Gasteiger partial charge in [0.1, 0.15) is 0 Å². The van der Waals surface area contributed by atoms with E-state index < -0.39 is 21.9 Å². The zero-order chi connectivity index (χ0) is 23.5. The molecule has 0 N–H and O–H groups in total. The van der Waals surface area contributed by atoms with E-state index in [0.29, 0.717) is 11.3 Å². The highest BCUT2D eigenvalue weighted by atomic mass is 32.2. The van der Waals surface area contributed by atoms with Crippen LogP contribution in [0.4, 0.5) is 13.2 Å². The fourth-order valence-electron chi connectivity index (χ4n) is 3.11. The molecule has 9 heteroatoms. The van der Waals surface area contributed by atoms with Crippen LogP contribution >= 0.6 is 0 Å². The van der Waals surface area contributed by atoms with Crippen LogP contribution in [-0.2, 0) is 16.2 Å². The number of rotatable bonds is 8. The van der Waals surface area contributed by atoms with Crippen LogP contribution in [0, 0.1) is 6.92 Å². The molecule has 168 valence electrons. The summed E-state index contributed by atoms with van der Waals surface area (Å²) in [7, 11) is -3.83. The van der Waals surface area contributed by atoms with Crippen molar-refractivity contribution < 1.29 is 21.6 Å². The highest BCUT2D eigenvalue weighted by Crippen LogP contribution is 2.33. The molecule has 0 spiro atoms. The normalized spacial score (nSPS) is 12.2. The number of aromatic nitrogens is 2. The maximum atomic E-state index is 13.4. The van der Waals surface area contributed by atoms with Gasteiger partial charge in [0.2, 0.25) is 10.0 Å². The molecular formula is C23H22F3N3O2S. The first kappa shape index (κ1) is 23.5. The van der Waals surface area contributed by atoms with E-state index in [1.807, 2.05) is 6.92 Å². The third kappa shape index (κ3) is 4.84. The van der Waals surface area contributed by atoms with E-state index >= 15 is 0 Å². The van der Waals surface area contributed by atoms with Crippen molar-refractivity contribution >= 4 is 10.0 Å². The average Bonchev–Trinajstić information content (AvgIpc) is 3.20.